The van der Waals surface area contributed by atoms with E-state index in [0.717, 1.165) is 11.1 Å². The van der Waals surface area contributed by atoms with Crippen molar-refractivity contribution < 1.29 is 4.79 Å². The van der Waals surface area contributed by atoms with Crippen LogP contribution in [0.4, 0.5) is 0 Å². The molecule has 146 valence electrons. The smallest absolute Gasteiger partial charge is 0.264 e. The Balaban J connectivity index is 1.50. The maximum absolute atomic E-state index is 12.6. The number of aryl methyl sites for hydroxylation is 1. The Morgan fingerprint density at radius 1 is 1.03 bits per heavy atom. The number of aromatic nitrogens is 4. The molecule has 0 aliphatic rings. The molecule has 4 aromatic rings. The van der Waals surface area contributed by atoms with Crippen LogP contribution in [0.3, 0.4) is 0 Å². The van der Waals surface area contributed by atoms with E-state index in [-0.39, 0.29) is 23.9 Å². The Hall–Kier alpha value is -3.74. The van der Waals surface area contributed by atoms with Crippen molar-refractivity contribution in [2.45, 2.75) is 12.5 Å². The second-order valence-corrected chi connectivity index (χ2v) is 6.86. The molecule has 0 spiro atoms. The molecule has 7 nitrogen and oxygen atoms in total. The van der Waals surface area contributed by atoms with Crippen LogP contribution in [0.2, 0.25) is 0 Å². The first-order valence-electron chi connectivity index (χ1n) is 9.37. The van der Waals surface area contributed by atoms with E-state index in [1.54, 1.807) is 7.05 Å². The number of amides is 1. The molecule has 0 aliphatic carbocycles. The first kappa shape index (κ1) is 18.6. The van der Waals surface area contributed by atoms with Gasteiger partial charge >= 0.3 is 0 Å². The average Bonchev–Trinajstić information content (AvgIpc) is 3.13. The molecular formula is C22H21N5O2. The van der Waals surface area contributed by atoms with Crippen molar-refractivity contribution in [3.8, 4) is 0 Å². The zero-order valence-electron chi connectivity index (χ0n) is 16.0. The predicted octanol–water partition coefficient (Wildman–Crippen LogP) is 2.08. The number of fused-ring (bicyclic) bond motifs is 1. The molecule has 0 aliphatic heterocycles. The Labute approximate surface area is 167 Å². The Morgan fingerprint density at radius 2 is 1.66 bits per heavy atom. The van der Waals surface area contributed by atoms with Crippen LogP contribution in [0.5, 0.6) is 0 Å². The predicted molar refractivity (Wildman–Crippen MR) is 111 cm³/mol. The van der Waals surface area contributed by atoms with Gasteiger partial charge in [0.25, 0.3) is 5.56 Å². The molecule has 0 saturated carbocycles. The lowest BCUT2D eigenvalue weighted by Crippen LogP contribution is -2.35. The fourth-order valence-electron chi connectivity index (χ4n) is 3.40. The zero-order chi connectivity index (χ0) is 20.2. The van der Waals surface area contributed by atoms with E-state index in [1.807, 2.05) is 36.4 Å². The molecule has 0 radical (unpaired) electrons. The third-order valence-electron chi connectivity index (χ3n) is 4.94. The van der Waals surface area contributed by atoms with Crippen molar-refractivity contribution >= 4 is 16.9 Å². The van der Waals surface area contributed by atoms with E-state index in [2.05, 4.69) is 39.7 Å². The third-order valence-corrected chi connectivity index (χ3v) is 4.94. The Kier molecular flexibility index (Phi) is 5.20. The molecule has 0 unspecified atom stereocenters. The van der Waals surface area contributed by atoms with Crippen LogP contribution in [0.15, 0.2) is 78.0 Å². The van der Waals surface area contributed by atoms with Gasteiger partial charge in [-0.2, -0.15) is 5.10 Å². The number of nitrogens with one attached hydrogen (secondary N) is 1. The summed E-state index contributed by atoms with van der Waals surface area (Å²) in [5.41, 5.74) is 2.46. The highest BCUT2D eigenvalue weighted by atomic mass is 16.2. The van der Waals surface area contributed by atoms with Gasteiger partial charge in [0.1, 0.15) is 18.3 Å². The number of carbonyl (C=O) groups is 1. The minimum atomic E-state index is -0.277. The molecule has 0 fully saturated rings. The molecule has 2 aromatic heterocycles. The monoisotopic (exact) mass is 387 g/mol. The van der Waals surface area contributed by atoms with Gasteiger partial charge in [-0.25, -0.2) is 4.98 Å². The van der Waals surface area contributed by atoms with Crippen molar-refractivity contribution in [1.29, 1.82) is 0 Å². The molecule has 0 atom stereocenters. The number of hydrogen-bond donors (Lipinski definition) is 1. The van der Waals surface area contributed by atoms with Crippen molar-refractivity contribution in [2.24, 2.45) is 7.05 Å². The molecule has 1 amide bonds. The summed E-state index contributed by atoms with van der Waals surface area (Å²) in [6, 6.07) is 20.1. The number of benzene rings is 2. The van der Waals surface area contributed by atoms with Crippen LogP contribution < -0.4 is 10.9 Å². The molecule has 2 aromatic carbocycles. The van der Waals surface area contributed by atoms with Crippen LogP contribution in [-0.2, 0) is 18.4 Å². The summed E-state index contributed by atoms with van der Waals surface area (Å²) in [4.78, 5) is 29.3. The van der Waals surface area contributed by atoms with Crippen LogP contribution in [-0.4, -0.2) is 31.8 Å². The van der Waals surface area contributed by atoms with Gasteiger partial charge in [0.15, 0.2) is 5.65 Å². The number of carbonyl (C=O) groups excluding carboxylic acids is 1. The van der Waals surface area contributed by atoms with E-state index in [4.69, 9.17) is 0 Å². The fraction of sp³-hybridized carbons (Fsp3) is 0.182. The summed E-state index contributed by atoms with van der Waals surface area (Å²) in [5, 5.41) is 7.40. The molecule has 4 rings (SSSR count). The lowest BCUT2D eigenvalue weighted by atomic mass is 9.91. The lowest BCUT2D eigenvalue weighted by molar-refractivity contribution is -0.121. The highest BCUT2D eigenvalue weighted by Gasteiger charge is 2.16. The van der Waals surface area contributed by atoms with E-state index in [1.165, 1.54) is 21.8 Å². The van der Waals surface area contributed by atoms with Crippen molar-refractivity contribution in [3.63, 3.8) is 0 Å². The lowest BCUT2D eigenvalue weighted by Gasteiger charge is -2.19. The Morgan fingerprint density at radius 3 is 2.28 bits per heavy atom. The highest BCUT2D eigenvalue weighted by Crippen LogP contribution is 2.23. The van der Waals surface area contributed by atoms with Crippen molar-refractivity contribution in [1.82, 2.24) is 24.6 Å². The molecule has 0 saturated heterocycles. The van der Waals surface area contributed by atoms with Crippen LogP contribution in [0.1, 0.15) is 17.0 Å². The van der Waals surface area contributed by atoms with E-state index >= 15 is 0 Å². The quantitative estimate of drug-likeness (QED) is 0.549. The SMILES string of the molecule is Cn1ncc2c(=O)n(CC(=O)NCC(c3ccccc3)c3ccccc3)cnc21. The maximum atomic E-state index is 12.6. The summed E-state index contributed by atoms with van der Waals surface area (Å²) < 4.78 is 2.84. The van der Waals surface area contributed by atoms with Gasteiger partial charge in [-0.15, -0.1) is 0 Å². The first-order valence-corrected chi connectivity index (χ1v) is 9.37. The summed E-state index contributed by atoms with van der Waals surface area (Å²) in [5.74, 6) is -0.217. The third kappa shape index (κ3) is 3.94. The van der Waals surface area contributed by atoms with Gasteiger partial charge in [-0.1, -0.05) is 60.7 Å². The molecule has 1 N–H and O–H groups in total. The minimum absolute atomic E-state index is 0.0250. The molecule has 29 heavy (non-hydrogen) atoms. The van der Waals surface area contributed by atoms with Crippen LogP contribution in [0, 0.1) is 0 Å². The van der Waals surface area contributed by atoms with Crippen molar-refractivity contribution in [2.75, 3.05) is 6.54 Å². The number of rotatable bonds is 6. The molecule has 7 heteroatoms. The summed E-state index contributed by atoms with van der Waals surface area (Å²) >= 11 is 0. The highest BCUT2D eigenvalue weighted by molar-refractivity contribution is 5.77. The number of hydrogen-bond acceptors (Lipinski definition) is 4. The van der Waals surface area contributed by atoms with E-state index in [0.29, 0.717) is 17.6 Å². The van der Waals surface area contributed by atoms with Gasteiger partial charge < -0.3 is 5.32 Å². The van der Waals surface area contributed by atoms with E-state index in [9.17, 15) is 9.59 Å². The number of nitrogens with zero attached hydrogens (tertiary/aromatic N) is 4. The largest absolute Gasteiger partial charge is 0.354 e. The van der Waals surface area contributed by atoms with Gasteiger partial charge in [-0.05, 0) is 11.1 Å². The molecule has 2 heterocycles. The topological polar surface area (TPSA) is 81.8 Å². The van der Waals surface area contributed by atoms with Gasteiger partial charge in [0.2, 0.25) is 5.91 Å². The van der Waals surface area contributed by atoms with E-state index < -0.39 is 0 Å². The van der Waals surface area contributed by atoms with Gasteiger partial charge in [0.05, 0.1) is 6.20 Å². The summed E-state index contributed by atoms with van der Waals surface area (Å²) in [6.45, 7) is 0.344. The fourth-order valence-corrected chi connectivity index (χ4v) is 3.40. The summed E-state index contributed by atoms with van der Waals surface area (Å²) in [7, 11) is 1.72. The molecule has 0 bridgehead atoms. The van der Waals surface area contributed by atoms with Crippen LogP contribution >= 0.6 is 0 Å². The summed E-state index contributed by atoms with van der Waals surface area (Å²) in [6.07, 6.45) is 2.86. The second-order valence-electron chi connectivity index (χ2n) is 6.86. The van der Waals surface area contributed by atoms with Gasteiger partial charge in [0, 0.05) is 19.5 Å². The normalized spacial score (nSPS) is 11.1. The van der Waals surface area contributed by atoms with Crippen molar-refractivity contribution in [3.05, 3.63) is 94.7 Å². The molecular weight excluding hydrogens is 366 g/mol. The van der Waals surface area contributed by atoms with Gasteiger partial charge in [-0.3, -0.25) is 18.8 Å². The van der Waals surface area contributed by atoms with Crippen LogP contribution in [0.25, 0.3) is 11.0 Å². The minimum Gasteiger partial charge on any atom is -0.354 e. The second kappa shape index (κ2) is 8.10. The first-order chi connectivity index (χ1) is 14.1. The average molecular weight is 387 g/mol. The zero-order valence-corrected chi connectivity index (χ0v) is 16.0. The Bertz CT molecular complexity index is 1140. The maximum Gasteiger partial charge on any atom is 0.264 e. The standard InChI is InChI=1S/C22H21N5O2/c1-26-21-19(13-25-26)22(29)27(15-24-21)14-20(28)23-12-18(16-8-4-2-5-9-16)17-10-6-3-7-11-17/h2-11,13,15,18H,12,14H2,1H3,(H,23,28).